The van der Waals surface area contributed by atoms with Crippen molar-refractivity contribution in [2.24, 2.45) is 0 Å². The van der Waals surface area contributed by atoms with Gasteiger partial charge in [0, 0.05) is 35.2 Å². The summed E-state index contributed by atoms with van der Waals surface area (Å²) in [5.41, 5.74) is 4.81. The molecule has 1 N–H and O–H groups in total. The van der Waals surface area contributed by atoms with Crippen LogP contribution in [0.25, 0.3) is 21.3 Å². The second kappa shape index (κ2) is 9.65. The topological polar surface area (TPSA) is 71.5 Å². The Kier molecular flexibility index (Phi) is 6.21. The number of rotatable bonds is 6. The summed E-state index contributed by atoms with van der Waals surface area (Å²) in [4.78, 5) is 32.9. The fraction of sp³-hybridized carbons (Fsp3) is 0.250. The second-order valence-electron chi connectivity index (χ2n) is 9.03. The van der Waals surface area contributed by atoms with Gasteiger partial charge >= 0.3 is 0 Å². The van der Waals surface area contributed by atoms with E-state index in [1.165, 1.54) is 15.3 Å². The molecule has 2 aromatic carbocycles. The fourth-order valence-electron chi connectivity index (χ4n) is 4.87. The molecule has 8 heteroatoms. The number of likely N-dealkylation sites (tertiary alicyclic amines) is 1. The van der Waals surface area contributed by atoms with Crippen LogP contribution in [-0.4, -0.2) is 28.2 Å². The van der Waals surface area contributed by atoms with Crippen molar-refractivity contribution in [2.75, 3.05) is 6.54 Å². The number of hydrogen-bond acceptors (Lipinski definition) is 6. The first kappa shape index (κ1) is 23.2. The molecule has 0 aliphatic carbocycles. The van der Waals surface area contributed by atoms with Crippen molar-refractivity contribution >= 4 is 45.0 Å². The number of carbonyl (C=O) groups is 2. The second-order valence-corrected chi connectivity index (χ2v) is 10.5. The Morgan fingerprint density at radius 3 is 2.50 bits per heavy atom. The first-order valence-electron chi connectivity index (χ1n) is 12.0. The quantitative estimate of drug-likeness (QED) is 0.342. The van der Waals surface area contributed by atoms with Crippen LogP contribution in [0.1, 0.15) is 34.5 Å². The molecule has 2 amide bonds. The predicted octanol–water partition coefficient (Wildman–Crippen LogP) is 5.49. The summed E-state index contributed by atoms with van der Waals surface area (Å²) < 4.78 is 5.98. The van der Waals surface area contributed by atoms with Gasteiger partial charge in [-0.1, -0.05) is 54.1 Å². The molecule has 4 aromatic rings. The Balaban J connectivity index is 1.40. The summed E-state index contributed by atoms with van der Waals surface area (Å²) in [6.07, 6.45) is 1.39. The first-order valence-corrected chi connectivity index (χ1v) is 13.2. The van der Waals surface area contributed by atoms with Crippen LogP contribution in [0.5, 0.6) is 5.75 Å². The first-order chi connectivity index (χ1) is 17.6. The largest absolute Gasteiger partial charge is 0.489 e. The minimum Gasteiger partial charge on any atom is -0.489 e. The molecule has 36 heavy (non-hydrogen) atoms. The molecule has 0 spiro atoms. The molecule has 0 bridgehead atoms. The number of imide groups is 1. The van der Waals surface area contributed by atoms with Crippen LogP contribution in [0, 0.1) is 0 Å². The Labute approximate surface area is 217 Å². The SMILES string of the molecule is O=C1CCC(=O)N1Cc1nc2sc3c(c2c(-c2ccc(OCc4ccccc4)cc2)c1Cl)CCNC3. The van der Waals surface area contributed by atoms with Gasteiger partial charge in [0.1, 0.15) is 17.2 Å². The Hall–Kier alpha value is -3.26. The third-order valence-corrected chi connectivity index (χ3v) is 8.26. The molecular weight excluding hydrogens is 494 g/mol. The number of fused-ring (bicyclic) bond motifs is 3. The zero-order chi connectivity index (χ0) is 24.6. The molecule has 6 nitrogen and oxygen atoms in total. The molecule has 1 saturated heterocycles. The highest BCUT2D eigenvalue weighted by molar-refractivity contribution is 7.19. The smallest absolute Gasteiger partial charge is 0.230 e. The van der Waals surface area contributed by atoms with Crippen molar-refractivity contribution < 1.29 is 14.3 Å². The monoisotopic (exact) mass is 517 g/mol. The predicted molar refractivity (Wildman–Crippen MR) is 141 cm³/mol. The molecule has 2 aliphatic rings. The maximum atomic E-state index is 12.3. The average molecular weight is 518 g/mol. The highest BCUT2D eigenvalue weighted by Crippen LogP contribution is 2.44. The van der Waals surface area contributed by atoms with Crippen LogP contribution >= 0.6 is 22.9 Å². The molecular formula is C28H24ClN3O3S. The van der Waals surface area contributed by atoms with E-state index in [0.29, 0.717) is 17.3 Å². The third kappa shape index (κ3) is 4.28. The summed E-state index contributed by atoms with van der Waals surface area (Å²) in [7, 11) is 0. The highest BCUT2D eigenvalue weighted by Gasteiger charge is 2.31. The van der Waals surface area contributed by atoms with E-state index >= 15 is 0 Å². The van der Waals surface area contributed by atoms with Crippen LogP contribution in [-0.2, 0) is 35.7 Å². The maximum absolute atomic E-state index is 12.3. The van der Waals surface area contributed by atoms with Gasteiger partial charge < -0.3 is 10.1 Å². The van der Waals surface area contributed by atoms with Crippen molar-refractivity contribution in [3.05, 3.63) is 81.3 Å². The number of nitrogens with one attached hydrogen (secondary N) is 1. The number of pyridine rings is 1. The van der Waals surface area contributed by atoms with E-state index in [0.717, 1.165) is 52.2 Å². The summed E-state index contributed by atoms with van der Waals surface area (Å²) in [5.74, 6) is 0.428. The molecule has 0 unspecified atom stereocenters. The summed E-state index contributed by atoms with van der Waals surface area (Å²) >= 11 is 8.68. The van der Waals surface area contributed by atoms with Gasteiger partial charge in [0.05, 0.1) is 17.3 Å². The van der Waals surface area contributed by atoms with Gasteiger partial charge in [0.25, 0.3) is 0 Å². The average Bonchev–Trinajstić information content (AvgIpc) is 3.43. The molecule has 6 rings (SSSR count). The van der Waals surface area contributed by atoms with Gasteiger partial charge in [0.15, 0.2) is 0 Å². The lowest BCUT2D eigenvalue weighted by molar-refractivity contribution is -0.139. The normalized spacial score (nSPS) is 15.5. The van der Waals surface area contributed by atoms with E-state index in [2.05, 4.69) is 5.32 Å². The number of aromatic nitrogens is 1. The molecule has 0 saturated carbocycles. The van der Waals surface area contributed by atoms with E-state index in [-0.39, 0.29) is 31.2 Å². The van der Waals surface area contributed by atoms with E-state index < -0.39 is 0 Å². The highest BCUT2D eigenvalue weighted by atomic mass is 35.5. The number of amides is 2. The van der Waals surface area contributed by atoms with Crippen LogP contribution in [0.2, 0.25) is 5.02 Å². The fourth-order valence-corrected chi connectivity index (χ4v) is 6.39. The molecule has 1 fully saturated rings. The molecule has 182 valence electrons. The van der Waals surface area contributed by atoms with E-state index in [4.69, 9.17) is 21.3 Å². The van der Waals surface area contributed by atoms with Gasteiger partial charge in [0.2, 0.25) is 11.8 Å². The van der Waals surface area contributed by atoms with Crippen LogP contribution in [0.3, 0.4) is 0 Å². The Morgan fingerprint density at radius 1 is 1.00 bits per heavy atom. The minimum absolute atomic E-state index is 0.0958. The number of nitrogens with zero attached hydrogens (tertiary/aromatic N) is 2. The maximum Gasteiger partial charge on any atom is 0.230 e. The Morgan fingerprint density at radius 2 is 1.75 bits per heavy atom. The molecule has 0 atom stereocenters. The van der Waals surface area contributed by atoms with Gasteiger partial charge in [-0.25, -0.2) is 4.98 Å². The third-order valence-electron chi connectivity index (χ3n) is 6.72. The number of benzene rings is 2. The zero-order valence-electron chi connectivity index (χ0n) is 19.6. The van der Waals surface area contributed by atoms with Gasteiger partial charge in [-0.3, -0.25) is 14.5 Å². The number of halogens is 1. The Bertz CT molecular complexity index is 1450. The number of ether oxygens (including phenoxy) is 1. The lowest BCUT2D eigenvalue weighted by atomic mass is 9.96. The van der Waals surface area contributed by atoms with Crippen LogP contribution < -0.4 is 10.1 Å². The van der Waals surface area contributed by atoms with Crippen LogP contribution in [0.15, 0.2) is 54.6 Å². The zero-order valence-corrected chi connectivity index (χ0v) is 21.1. The number of carbonyl (C=O) groups excluding carboxylic acids is 2. The summed E-state index contributed by atoms with van der Waals surface area (Å²) in [6, 6.07) is 18.0. The molecule has 2 aromatic heterocycles. The number of hydrogen-bond donors (Lipinski definition) is 1. The molecule has 0 radical (unpaired) electrons. The van der Waals surface area contributed by atoms with Crippen molar-refractivity contribution in [3.8, 4) is 16.9 Å². The van der Waals surface area contributed by atoms with Gasteiger partial charge in [-0.2, -0.15) is 0 Å². The molecule has 2 aliphatic heterocycles. The lowest BCUT2D eigenvalue weighted by Gasteiger charge is -2.18. The van der Waals surface area contributed by atoms with E-state index in [9.17, 15) is 9.59 Å². The lowest BCUT2D eigenvalue weighted by Crippen LogP contribution is -2.29. The van der Waals surface area contributed by atoms with Gasteiger partial charge in [-0.05, 0) is 41.8 Å². The van der Waals surface area contributed by atoms with E-state index in [1.54, 1.807) is 11.3 Å². The standard InChI is InChI=1S/C28H24ClN3O3S/c29-27-21(15-32-23(33)10-11-24(32)34)31-28-26(20-12-13-30-14-22(20)36-28)25(27)18-6-8-19(9-7-18)35-16-17-4-2-1-3-5-17/h1-9,30H,10-16H2. The summed E-state index contributed by atoms with van der Waals surface area (Å²) in [6.45, 7) is 2.30. The minimum atomic E-state index is -0.172. The van der Waals surface area contributed by atoms with E-state index in [1.807, 2.05) is 54.6 Å². The summed E-state index contributed by atoms with van der Waals surface area (Å²) in [5, 5.41) is 5.00. The van der Waals surface area contributed by atoms with Crippen molar-refractivity contribution in [3.63, 3.8) is 0 Å². The van der Waals surface area contributed by atoms with Crippen molar-refractivity contribution in [2.45, 2.75) is 39.0 Å². The van der Waals surface area contributed by atoms with Crippen molar-refractivity contribution in [1.82, 2.24) is 15.2 Å². The molecule has 4 heterocycles. The van der Waals surface area contributed by atoms with Crippen molar-refractivity contribution in [1.29, 1.82) is 0 Å². The number of thiophene rings is 1. The van der Waals surface area contributed by atoms with Crippen LogP contribution in [0.4, 0.5) is 0 Å². The van der Waals surface area contributed by atoms with Gasteiger partial charge in [-0.15, -0.1) is 11.3 Å².